The molecule has 1 N–H and O–H groups in total. The van der Waals surface area contributed by atoms with Gasteiger partial charge in [0.1, 0.15) is 5.76 Å². The lowest BCUT2D eigenvalue weighted by Crippen LogP contribution is -2.30. The fourth-order valence-electron chi connectivity index (χ4n) is 2.14. The molecule has 3 rings (SSSR count). The normalized spacial score (nSPS) is 12.1. The summed E-state index contributed by atoms with van der Waals surface area (Å²) in [5, 5.41) is 3.95. The van der Waals surface area contributed by atoms with Gasteiger partial charge < -0.3 is 9.73 Å². The number of halogens is 1. The number of carbonyl (C=O) groups excluding carboxylic acids is 1. The lowest BCUT2D eigenvalue weighted by atomic mass is 10.3. The maximum absolute atomic E-state index is 12.2. The van der Waals surface area contributed by atoms with Gasteiger partial charge in [-0.3, -0.25) is 9.36 Å². The standard InChI is InChI=1S/C17H16ClN3O2S/c1-12(16(22)20-11-15-6-3-9-23-15)24-17-19-7-8-21(17)14-5-2-4-13(18)10-14/h2-10,12H,11H2,1H3,(H,20,22). The van der Waals surface area contributed by atoms with Gasteiger partial charge in [-0.05, 0) is 37.3 Å². The van der Waals surface area contributed by atoms with E-state index in [1.165, 1.54) is 11.8 Å². The van der Waals surface area contributed by atoms with Crippen LogP contribution in [0.2, 0.25) is 5.02 Å². The van der Waals surface area contributed by atoms with Gasteiger partial charge in [-0.1, -0.05) is 29.4 Å². The number of hydrogen-bond acceptors (Lipinski definition) is 4. The zero-order chi connectivity index (χ0) is 16.9. The number of amides is 1. The Morgan fingerprint density at radius 3 is 3.04 bits per heavy atom. The molecule has 3 aromatic rings. The molecule has 0 aliphatic rings. The average molecular weight is 362 g/mol. The number of aromatic nitrogens is 2. The Labute approximate surface area is 149 Å². The Bertz CT molecular complexity index is 817. The molecule has 124 valence electrons. The quantitative estimate of drug-likeness (QED) is 0.676. The van der Waals surface area contributed by atoms with E-state index in [4.69, 9.17) is 16.0 Å². The van der Waals surface area contributed by atoms with Crippen LogP contribution in [0.3, 0.4) is 0 Å². The summed E-state index contributed by atoms with van der Waals surface area (Å²) in [5.74, 6) is 0.651. The fraction of sp³-hybridized carbons (Fsp3) is 0.176. The Morgan fingerprint density at radius 1 is 1.42 bits per heavy atom. The van der Waals surface area contributed by atoms with Crippen molar-refractivity contribution < 1.29 is 9.21 Å². The monoisotopic (exact) mass is 361 g/mol. The van der Waals surface area contributed by atoms with Crippen LogP contribution in [0.4, 0.5) is 0 Å². The number of nitrogens with one attached hydrogen (secondary N) is 1. The molecule has 0 aliphatic carbocycles. The minimum Gasteiger partial charge on any atom is -0.467 e. The SMILES string of the molecule is CC(Sc1nccn1-c1cccc(Cl)c1)C(=O)NCc1ccco1. The second kappa shape index (κ2) is 7.59. The van der Waals surface area contributed by atoms with Crippen LogP contribution in [0.15, 0.2) is 64.6 Å². The first-order valence-electron chi connectivity index (χ1n) is 7.39. The number of furan rings is 1. The van der Waals surface area contributed by atoms with E-state index >= 15 is 0 Å². The molecule has 0 radical (unpaired) electrons. The molecule has 1 unspecified atom stereocenters. The zero-order valence-corrected chi connectivity index (χ0v) is 14.6. The van der Waals surface area contributed by atoms with Crippen molar-refractivity contribution in [1.29, 1.82) is 0 Å². The molecule has 1 amide bonds. The van der Waals surface area contributed by atoms with Gasteiger partial charge >= 0.3 is 0 Å². The van der Waals surface area contributed by atoms with Crippen molar-refractivity contribution in [1.82, 2.24) is 14.9 Å². The van der Waals surface area contributed by atoms with E-state index in [1.807, 2.05) is 48.0 Å². The Balaban J connectivity index is 1.65. The van der Waals surface area contributed by atoms with Crippen LogP contribution in [-0.4, -0.2) is 20.7 Å². The third-order valence-electron chi connectivity index (χ3n) is 3.36. The molecule has 1 atom stereocenters. The fourth-order valence-corrected chi connectivity index (χ4v) is 3.23. The van der Waals surface area contributed by atoms with Gasteiger partial charge in [0, 0.05) is 23.1 Å². The Morgan fingerprint density at radius 2 is 2.29 bits per heavy atom. The first kappa shape index (κ1) is 16.7. The van der Waals surface area contributed by atoms with Crippen molar-refractivity contribution >= 4 is 29.3 Å². The van der Waals surface area contributed by atoms with Crippen molar-refractivity contribution in [3.05, 3.63) is 65.8 Å². The highest BCUT2D eigenvalue weighted by Gasteiger charge is 2.18. The number of nitrogens with zero attached hydrogens (tertiary/aromatic N) is 2. The van der Waals surface area contributed by atoms with Crippen molar-refractivity contribution in [2.75, 3.05) is 0 Å². The molecule has 7 heteroatoms. The third kappa shape index (κ3) is 4.01. The lowest BCUT2D eigenvalue weighted by Gasteiger charge is -2.12. The minimum atomic E-state index is -0.291. The summed E-state index contributed by atoms with van der Waals surface area (Å²) in [7, 11) is 0. The molecular formula is C17H16ClN3O2S. The molecular weight excluding hydrogens is 346 g/mol. The van der Waals surface area contributed by atoms with Crippen LogP contribution in [0.25, 0.3) is 5.69 Å². The number of carbonyl (C=O) groups is 1. The average Bonchev–Trinajstić information content (AvgIpc) is 3.24. The molecule has 0 saturated carbocycles. The lowest BCUT2D eigenvalue weighted by molar-refractivity contribution is -0.120. The van der Waals surface area contributed by atoms with Crippen molar-refractivity contribution in [3.63, 3.8) is 0 Å². The minimum absolute atomic E-state index is 0.0722. The molecule has 0 saturated heterocycles. The first-order valence-corrected chi connectivity index (χ1v) is 8.65. The van der Waals surface area contributed by atoms with Crippen LogP contribution in [0, 0.1) is 0 Å². The van der Waals surface area contributed by atoms with E-state index in [-0.39, 0.29) is 11.2 Å². The van der Waals surface area contributed by atoms with E-state index in [0.29, 0.717) is 11.6 Å². The largest absolute Gasteiger partial charge is 0.467 e. The highest BCUT2D eigenvalue weighted by Crippen LogP contribution is 2.25. The molecule has 0 spiro atoms. The predicted octanol–water partition coefficient (Wildman–Crippen LogP) is 3.92. The summed E-state index contributed by atoms with van der Waals surface area (Å²) in [6.07, 6.45) is 5.14. The molecule has 5 nitrogen and oxygen atoms in total. The number of thioether (sulfide) groups is 1. The maximum Gasteiger partial charge on any atom is 0.233 e. The number of imidazole rings is 1. The molecule has 0 aliphatic heterocycles. The summed E-state index contributed by atoms with van der Waals surface area (Å²) < 4.78 is 7.12. The summed E-state index contributed by atoms with van der Waals surface area (Å²) in [6.45, 7) is 2.22. The van der Waals surface area contributed by atoms with E-state index in [9.17, 15) is 4.79 Å². The third-order valence-corrected chi connectivity index (χ3v) is 4.68. The summed E-state index contributed by atoms with van der Waals surface area (Å²) >= 11 is 7.44. The van der Waals surface area contributed by atoms with Crippen molar-refractivity contribution in [2.24, 2.45) is 0 Å². The summed E-state index contributed by atoms with van der Waals surface area (Å²) in [5.41, 5.74) is 0.908. The van der Waals surface area contributed by atoms with Crippen LogP contribution in [0.1, 0.15) is 12.7 Å². The van der Waals surface area contributed by atoms with Crippen LogP contribution in [-0.2, 0) is 11.3 Å². The van der Waals surface area contributed by atoms with Crippen LogP contribution < -0.4 is 5.32 Å². The predicted molar refractivity (Wildman–Crippen MR) is 94.4 cm³/mol. The van der Waals surface area contributed by atoms with Crippen LogP contribution >= 0.6 is 23.4 Å². The molecule has 2 heterocycles. The second-order valence-corrected chi connectivity index (χ2v) is 6.86. The maximum atomic E-state index is 12.2. The van der Waals surface area contributed by atoms with Gasteiger partial charge in [0.2, 0.25) is 5.91 Å². The smallest absolute Gasteiger partial charge is 0.233 e. The van der Waals surface area contributed by atoms with Gasteiger partial charge in [-0.25, -0.2) is 4.98 Å². The molecule has 0 fully saturated rings. The second-order valence-electron chi connectivity index (χ2n) is 5.12. The zero-order valence-electron chi connectivity index (χ0n) is 13.0. The molecule has 24 heavy (non-hydrogen) atoms. The number of hydrogen-bond donors (Lipinski definition) is 1. The van der Waals surface area contributed by atoms with Gasteiger partial charge in [-0.15, -0.1) is 0 Å². The van der Waals surface area contributed by atoms with E-state index in [1.54, 1.807) is 18.5 Å². The Hall–Kier alpha value is -2.18. The molecule has 2 aromatic heterocycles. The Kier molecular flexibility index (Phi) is 5.27. The van der Waals surface area contributed by atoms with E-state index in [2.05, 4.69) is 10.3 Å². The number of benzene rings is 1. The van der Waals surface area contributed by atoms with E-state index < -0.39 is 0 Å². The highest BCUT2D eigenvalue weighted by atomic mass is 35.5. The summed E-state index contributed by atoms with van der Waals surface area (Å²) in [6, 6.07) is 11.1. The van der Waals surface area contributed by atoms with Gasteiger partial charge in [0.15, 0.2) is 5.16 Å². The van der Waals surface area contributed by atoms with Gasteiger partial charge in [-0.2, -0.15) is 0 Å². The van der Waals surface area contributed by atoms with E-state index in [0.717, 1.165) is 16.6 Å². The number of rotatable bonds is 6. The molecule has 0 bridgehead atoms. The van der Waals surface area contributed by atoms with Crippen molar-refractivity contribution in [2.45, 2.75) is 23.9 Å². The first-order chi connectivity index (χ1) is 11.6. The van der Waals surface area contributed by atoms with Crippen LogP contribution in [0.5, 0.6) is 0 Å². The topological polar surface area (TPSA) is 60.1 Å². The molecule has 1 aromatic carbocycles. The highest BCUT2D eigenvalue weighted by molar-refractivity contribution is 8.00. The summed E-state index contributed by atoms with van der Waals surface area (Å²) in [4.78, 5) is 16.6. The van der Waals surface area contributed by atoms with Gasteiger partial charge in [0.05, 0.1) is 18.1 Å². The van der Waals surface area contributed by atoms with Gasteiger partial charge in [0.25, 0.3) is 0 Å². The van der Waals surface area contributed by atoms with Crippen molar-refractivity contribution in [3.8, 4) is 5.69 Å².